The highest BCUT2D eigenvalue weighted by molar-refractivity contribution is 5.05. The fourth-order valence-corrected chi connectivity index (χ4v) is 1.34. The highest BCUT2D eigenvalue weighted by atomic mass is 16.4. The molecule has 0 aliphatic heterocycles. The summed E-state index contributed by atoms with van der Waals surface area (Å²) >= 11 is 0. The number of nitrogens with one attached hydrogen (secondary N) is 1. The Hall–Kier alpha value is -0.840. The molecule has 1 aromatic rings. The first-order valence-electron chi connectivity index (χ1n) is 5.29. The molecule has 1 atom stereocenters. The number of aliphatic hydroxyl groups is 2. The van der Waals surface area contributed by atoms with Crippen LogP contribution in [0.4, 0.5) is 0 Å². The van der Waals surface area contributed by atoms with Crippen molar-refractivity contribution in [1.82, 2.24) is 5.32 Å². The molecule has 3 N–H and O–H groups in total. The number of furan rings is 1. The molecule has 0 bridgehead atoms. The van der Waals surface area contributed by atoms with Crippen LogP contribution in [0, 0.1) is 0 Å². The van der Waals surface area contributed by atoms with E-state index in [0.717, 1.165) is 25.1 Å². The van der Waals surface area contributed by atoms with E-state index in [9.17, 15) is 0 Å². The van der Waals surface area contributed by atoms with Gasteiger partial charge in [-0.25, -0.2) is 0 Å². The Morgan fingerprint density at radius 2 is 2.13 bits per heavy atom. The molecule has 4 nitrogen and oxygen atoms in total. The van der Waals surface area contributed by atoms with E-state index >= 15 is 0 Å². The van der Waals surface area contributed by atoms with Crippen molar-refractivity contribution in [3.8, 4) is 0 Å². The lowest BCUT2D eigenvalue weighted by molar-refractivity contribution is 0.181. The number of rotatable bonds is 7. The SMILES string of the molecule is CC(O)CCCNCc1ccc(CO)o1. The summed E-state index contributed by atoms with van der Waals surface area (Å²) in [5.41, 5.74) is 0. The minimum Gasteiger partial charge on any atom is -0.462 e. The second-order valence-electron chi connectivity index (χ2n) is 3.69. The molecule has 0 aliphatic rings. The van der Waals surface area contributed by atoms with Crippen LogP contribution in [0.25, 0.3) is 0 Å². The van der Waals surface area contributed by atoms with E-state index in [-0.39, 0.29) is 12.7 Å². The van der Waals surface area contributed by atoms with Crippen molar-refractivity contribution in [3.05, 3.63) is 23.7 Å². The zero-order chi connectivity index (χ0) is 11.1. The van der Waals surface area contributed by atoms with Gasteiger partial charge >= 0.3 is 0 Å². The minimum absolute atomic E-state index is 0.0535. The van der Waals surface area contributed by atoms with E-state index in [1.165, 1.54) is 0 Å². The molecular weight excluding hydrogens is 194 g/mol. The molecule has 0 fully saturated rings. The van der Waals surface area contributed by atoms with Gasteiger partial charge in [-0.15, -0.1) is 0 Å². The number of hydrogen-bond acceptors (Lipinski definition) is 4. The standard InChI is InChI=1S/C11H19NO3/c1-9(14)3-2-6-12-7-10-4-5-11(8-13)15-10/h4-5,9,12-14H,2-3,6-8H2,1H3. The van der Waals surface area contributed by atoms with Crippen molar-refractivity contribution in [2.45, 2.75) is 39.0 Å². The fourth-order valence-electron chi connectivity index (χ4n) is 1.34. The van der Waals surface area contributed by atoms with Crippen LogP contribution in [-0.2, 0) is 13.2 Å². The van der Waals surface area contributed by atoms with Gasteiger partial charge in [0.15, 0.2) is 0 Å². The molecule has 15 heavy (non-hydrogen) atoms. The molecule has 1 rings (SSSR count). The first kappa shape index (κ1) is 12.2. The first-order chi connectivity index (χ1) is 7.22. The molecule has 1 unspecified atom stereocenters. The van der Waals surface area contributed by atoms with Gasteiger partial charge < -0.3 is 19.9 Å². The molecule has 0 amide bonds. The largest absolute Gasteiger partial charge is 0.462 e. The summed E-state index contributed by atoms with van der Waals surface area (Å²) in [5, 5.41) is 21.0. The Morgan fingerprint density at radius 1 is 1.40 bits per heavy atom. The van der Waals surface area contributed by atoms with E-state index in [4.69, 9.17) is 14.6 Å². The van der Waals surface area contributed by atoms with Gasteiger partial charge in [0.25, 0.3) is 0 Å². The average molecular weight is 213 g/mol. The lowest BCUT2D eigenvalue weighted by Gasteiger charge is -2.04. The van der Waals surface area contributed by atoms with Gasteiger partial charge in [0.1, 0.15) is 18.1 Å². The van der Waals surface area contributed by atoms with Crippen LogP contribution in [0.5, 0.6) is 0 Å². The number of aliphatic hydroxyl groups excluding tert-OH is 2. The quantitative estimate of drug-likeness (QED) is 0.592. The zero-order valence-electron chi connectivity index (χ0n) is 9.07. The monoisotopic (exact) mass is 213 g/mol. The third-order valence-electron chi connectivity index (χ3n) is 2.15. The molecule has 0 aromatic carbocycles. The Kier molecular flexibility index (Phi) is 5.39. The lowest BCUT2D eigenvalue weighted by Crippen LogP contribution is -2.15. The van der Waals surface area contributed by atoms with Crippen LogP contribution in [0.1, 0.15) is 31.3 Å². The minimum atomic E-state index is -0.226. The summed E-state index contributed by atoms with van der Waals surface area (Å²) in [4.78, 5) is 0. The van der Waals surface area contributed by atoms with Crippen molar-refractivity contribution in [2.75, 3.05) is 6.54 Å². The summed E-state index contributed by atoms with van der Waals surface area (Å²) in [5.74, 6) is 1.42. The van der Waals surface area contributed by atoms with Crippen molar-refractivity contribution in [3.63, 3.8) is 0 Å². The van der Waals surface area contributed by atoms with Gasteiger partial charge in [-0.05, 0) is 38.4 Å². The molecule has 0 aliphatic carbocycles. The molecule has 4 heteroatoms. The Morgan fingerprint density at radius 3 is 2.73 bits per heavy atom. The molecule has 1 aromatic heterocycles. The van der Waals surface area contributed by atoms with Gasteiger partial charge in [0, 0.05) is 0 Å². The topological polar surface area (TPSA) is 65.6 Å². The molecule has 0 radical (unpaired) electrons. The van der Waals surface area contributed by atoms with Crippen LogP contribution in [0.3, 0.4) is 0 Å². The Balaban J connectivity index is 2.09. The number of hydrogen-bond donors (Lipinski definition) is 3. The molecule has 1 heterocycles. The molecule has 86 valence electrons. The van der Waals surface area contributed by atoms with Crippen molar-refractivity contribution in [2.24, 2.45) is 0 Å². The maximum absolute atomic E-state index is 9.03. The van der Waals surface area contributed by atoms with Crippen LogP contribution >= 0.6 is 0 Å². The maximum Gasteiger partial charge on any atom is 0.129 e. The van der Waals surface area contributed by atoms with Crippen LogP contribution < -0.4 is 5.32 Å². The fraction of sp³-hybridized carbons (Fsp3) is 0.636. The van der Waals surface area contributed by atoms with Gasteiger partial charge in [-0.2, -0.15) is 0 Å². The van der Waals surface area contributed by atoms with E-state index in [1.807, 2.05) is 6.07 Å². The first-order valence-corrected chi connectivity index (χ1v) is 5.29. The van der Waals surface area contributed by atoms with Crippen LogP contribution in [0.15, 0.2) is 16.5 Å². The van der Waals surface area contributed by atoms with Gasteiger partial charge in [0.2, 0.25) is 0 Å². The Labute approximate surface area is 89.9 Å². The third-order valence-corrected chi connectivity index (χ3v) is 2.15. The van der Waals surface area contributed by atoms with Crippen molar-refractivity contribution < 1.29 is 14.6 Å². The van der Waals surface area contributed by atoms with E-state index in [2.05, 4.69) is 5.32 Å². The van der Waals surface area contributed by atoms with Gasteiger partial charge in [-0.1, -0.05) is 0 Å². The highest BCUT2D eigenvalue weighted by Crippen LogP contribution is 2.07. The predicted molar refractivity (Wildman–Crippen MR) is 57.3 cm³/mol. The van der Waals surface area contributed by atoms with E-state index in [0.29, 0.717) is 12.3 Å². The summed E-state index contributed by atoms with van der Waals surface area (Å²) in [6, 6.07) is 3.63. The predicted octanol–water partition coefficient (Wildman–Crippen LogP) is 1.02. The molecule has 0 saturated carbocycles. The third kappa shape index (κ3) is 4.97. The normalized spacial score (nSPS) is 13.0. The lowest BCUT2D eigenvalue weighted by atomic mass is 10.2. The van der Waals surface area contributed by atoms with Gasteiger partial charge in [0.05, 0.1) is 12.6 Å². The van der Waals surface area contributed by atoms with Crippen molar-refractivity contribution in [1.29, 1.82) is 0 Å². The van der Waals surface area contributed by atoms with Gasteiger partial charge in [-0.3, -0.25) is 0 Å². The van der Waals surface area contributed by atoms with Crippen LogP contribution in [-0.4, -0.2) is 22.9 Å². The van der Waals surface area contributed by atoms with E-state index in [1.54, 1.807) is 13.0 Å². The van der Waals surface area contributed by atoms with Crippen LogP contribution in [0.2, 0.25) is 0 Å². The summed E-state index contributed by atoms with van der Waals surface area (Å²) in [7, 11) is 0. The summed E-state index contributed by atoms with van der Waals surface area (Å²) in [6.45, 7) is 3.27. The maximum atomic E-state index is 9.03. The molecule has 0 spiro atoms. The average Bonchev–Trinajstić information content (AvgIpc) is 2.65. The second-order valence-corrected chi connectivity index (χ2v) is 3.69. The van der Waals surface area contributed by atoms with Crippen molar-refractivity contribution >= 4 is 0 Å². The molecule has 0 saturated heterocycles. The highest BCUT2D eigenvalue weighted by Gasteiger charge is 2.00. The zero-order valence-corrected chi connectivity index (χ0v) is 9.07. The summed E-state index contributed by atoms with van der Waals surface area (Å²) < 4.78 is 5.30. The second kappa shape index (κ2) is 6.61. The smallest absolute Gasteiger partial charge is 0.129 e. The summed E-state index contributed by atoms with van der Waals surface area (Å²) in [6.07, 6.45) is 1.54. The Bertz CT molecular complexity index is 271. The molecular formula is C11H19NO3. The van der Waals surface area contributed by atoms with E-state index < -0.39 is 0 Å².